The van der Waals surface area contributed by atoms with Crippen LogP contribution in [0.5, 0.6) is 0 Å². The van der Waals surface area contributed by atoms with Crippen LogP contribution in [0.3, 0.4) is 0 Å². The fourth-order valence-electron chi connectivity index (χ4n) is 3.13. The number of para-hydroxylation sites is 1. The molecular weight excluding hydrogens is 264 g/mol. The Hall–Kier alpha value is -1.39. The minimum absolute atomic E-state index is 0.166. The first-order valence-electron chi connectivity index (χ1n) is 7.96. The molecule has 1 aromatic carbocycles. The molecular formula is C17H26N2O2. The van der Waals surface area contributed by atoms with E-state index in [-0.39, 0.29) is 12.5 Å². The minimum Gasteiger partial charge on any atom is -0.396 e. The number of hydrogen-bond acceptors (Lipinski definition) is 3. The van der Waals surface area contributed by atoms with Crippen molar-refractivity contribution in [3.8, 4) is 0 Å². The van der Waals surface area contributed by atoms with E-state index in [0.29, 0.717) is 19.1 Å². The lowest BCUT2D eigenvalue weighted by Gasteiger charge is -2.28. The standard InChI is InChI=1S/C17H26N2O2/c1-2-19(16-8-4-3-5-9-16)17(21)14-18-12-6-10-15(18)11-7-13-20/h3-5,8-9,15,20H,2,6-7,10-14H2,1H3. The molecule has 0 aromatic heterocycles. The van der Waals surface area contributed by atoms with Crippen LogP contribution in [0.15, 0.2) is 30.3 Å². The van der Waals surface area contributed by atoms with Gasteiger partial charge in [-0.3, -0.25) is 9.69 Å². The predicted octanol–water partition coefficient (Wildman–Crippen LogP) is 2.28. The molecule has 4 nitrogen and oxygen atoms in total. The van der Waals surface area contributed by atoms with Crippen LogP contribution in [0.25, 0.3) is 0 Å². The summed E-state index contributed by atoms with van der Waals surface area (Å²) in [5, 5.41) is 8.98. The van der Waals surface area contributed by atoms with Gasteiger partial charge in [0.2, 0.25) is 5.91 Å². The van der Waals surface area contributed by atoms with Crippen molar-refractivity contribution in [2.45, 2.75) is 38.6 Å². The van der Waals surface area contributed by atoms with Gasteiger partial charge in [0, 0.05) is 24.9 Å². The van der Waals surface area contributed by atoms with Crippen molar-refractivity contribution in [3.05, 3.63) is 30.3 Å². The number of rotatable bonds is 7. The fraction of sp³-hybridized carbons (Fsp3) is 0.588. The maximum Gasteiger partial charge on any atom is 0.241 e. The number of carbonyl (C=O) groups excluding carboxylic acids is 1. The van der Waals surface area contributed by atoms with Crippen LogP contribution in [0, 0.1) is 0 Å². The highest BCUT2D eigenvalue weighted by atomic mass is 16.3. The van der Waals surface area contributed by atoms with E-state index in [1.165, 1.54) is 0 Å². The van der Waals surface area contributed by atoms with Crippen LogP contribution in [-0.2, 0) is 4.79 Å². The Balaban J connectivity index is 1.96. The van der Waals surface area contributed by atoms with E-state index in [1.807, 2.05) is 42.2 Å². The van der Waals surface area contributed by atoms with E-state index in [9.17, 15) is 4.79 Å². The van der Waals surface area contributed by atoms with Crippen molar-refractivity contribution in [1.82, 2.24) is 4.90 Å². The number of likely N-dealkylation sites (N-methyl/N-ethyl adjacent to an activating group) is 1. The highest BCUT2D eigenvalue weighted by Gasteiger charge is 2.27. The van der Waals surface area contributed by atoms with Gasteiger partial charge in [0.05, 0.1) is 6.54 Å². The maximum absolute atomic E-state index is 12.6. The highest BCUT2D eigenvalue weighted by molar-refractivity contribution is 5.94. The molecule has 0 bridgehead atoms. The lowest BCUT2D eigenvalue weighted by atomic mass is 10.1. The summed E-state index contributed by atoms with van der Waals surface area (Å²) in [6, 6.07) is 10.3. The van der Waals surface area contributed by atoms with Crippen molar-refractivity contribution in [3.63, 3.8) is 0 Å². The Morgan fingerprint density at radius 3 is 2.81 bits per heavy atom. The van der Waals surface area contributed by atoms with Crippen molar-refractivity contribution >= 4 is 11.6 Å². The molecule has 1 aliphatic heterocycles. The van der Waals surface area contributed by atoms with Gasteiger partial charge in [-0.05, 0) is 51.3 Å². The summed E-state index contributed by atoms with van der Waals surface area (Å²) in [5.41, 5.74) is 0.969. The van der Waals surface area contributed by atoms with Crippen molar-refractivity contribution < 1.29 is 9.90 Å². The van der Waals surface area contributed by atoms with Gasteiger partial charge in [0.15, 0.2) is 0 Å². The van der Waals surface area contributed by atoms with Crippen LogP contribution in [0.2, 0.25) is 0 Å². The van der Waals surface area contributed by atoms with Gasteiger partial charge in [0.25, 0.3) is 0 Å². The molecule has 0 aliphatic carbocycles. The average Bonchev–Trinajstić information content (AvgIpc) is 2.94. The lowest BCUT2D eigenvalue weighted by Crippen LogP contribution is -2.42. The number of carbonyl (C=O) groups is 1. The molecule has 1 saturated heterocycles. The first-order chi connectivity index (χ1) is 10.3. The quantitative estimate of drug-likeness (QED) is 0.838. The molecule has 116 valence electrons. The van der Waals surface area contributed by atoms with Gasteiger partial charge in [-0.15, -0.1) is 0 Å². The van der Waals surface area contributed by atoms with Crippen LogP contribution < -0.4 is 4.90 Å². The Morgan fingerprint density at radius 1 is 1.38 bits per heavy atom. The third kappa shape index (κ3) is 4.29. The summed E-state index contributed by atoms with van der Waals surface area (Å²) in [6.07, 6.45) is 4.11. The number of anilines is 1. The summed E-state index contributed by atoms with van der Waals surface area (Å²) in [4.78, 5) is 16.7. The summed E-state index contributed by atoms with van der Waals surface area (Å²) >= 11 is 0. The molecule has 1 amide bonds. The van der Waals surface area contributed by atoms with Gasteiger partial charge in [-0.1, -0.05) is 18.2 Å². The van der Waals surface area contributed by atoms with Gasteiger partial charge in [0.1, 0.15) is 0 Å². The molecule has 1 aromatic rings. The van der Waals surface area contributed by atoms with Crippen LogP contribution >= 0.6 is 0 Å². The number of benzene rings is 1. The van der Waals surface area contributed by atoms with Crippen molar-refractivity contribution in [2.75, 3.05) is 31.1 Å². The zero-order valence-corrected chi connectivity index (χ0v) is 12.9. The maximum atomic E-state index is 12.6. The Kier molecular flexibility index (Phi) is 6.21. The molecule has 0 spiro atoms. The molecule has 1 fully saturated rings. The fourth-order valence-corrected chi connectivity index (χ4v) is 3.13. The topological polar surface area (TPSA) is 43.8 Å². The minimum atomic E-state index is 0.166. The second-order valence-corrected chi connectivity index (χ2v) is 5.61. The van der Waals surface area contributed by atoms with Gasteiger partial charge >= 0.3 is 0 Å². The van der Waals surface area contributed by atoms with Gasteiger partial charge < -0.3 is 10.0 Å². The number of hydrogen-bond donors (Lipinski definition) is 1. The van der Waals surface area contributed by atoms with Crippen LogP contribution in [-0.4, -0.2) is 48.2 Å². The summed E-state index contributed by atoms with van der Waals surface area (Å²) in [5.74, 6) is 0.166. The summed E-state index contributed by atoms with van der Waals surface area (Å²) in [7, 11) is 0. The number of nitrogens with zero attached hydrogens (tertiary/aromatic N) is 2. The van der Waals surface area contributed by atoms with E-state index in [4.69, 9.17) is 5.11 Å². The van der Waals surface area contributed by atoms with Crippen molar-refractivity contribution in [1.29, 1.82) is 0 Å². The van der Waals surface area contributed by atoms with Gasteiger partial charge in [-0.25, -0.2) is 0 Å². The number of aliphatic hydroxyl groups is 1. The molecule has 1 heterocycles. The monoisotopic (exact) mass is 290 g/mol. The molecule has 1 aliphatic rings. The summed E-state index contributed by atoms with van der Waals surface area (Å²) < 4.78 is 0. The molecule has 1 atom stereocenters. The van der Waals surface area contributed by atoms with Crippen LogP contribution in [0.4, 0.5) is 5.69 Å². The van der Waals surface area contributed by atoms with Gasteiger partial charge in [-0.2, -0.15) is 0 Å². The normalized spacial score (nSPS) is 18.9. The Bertz CT molecular complexity index is 436. The first kappa shape index (κ1) is 16.0. The number of aliphatic hydroxyl groups excluding tert-OH is 1. The lowest BCUT2D eigenvalue weighted by molar-refractivity contribution is -0.119. The van der Waals surface area contributed by atoms with E-state index in [2.05, 4.69) is 4.90 Å². The molecule has 1 unspecified atom stereocenters. The SMILES string of the molecule is CCN(C(=O)CN1CCCC1CCCO)c1ccccc1. The molecule has 0 saturated carbocycles. The first-order valence-corrected chi connectivity index (χ1v) is 7.96. The third-order valence-corrected chi connectivity index (χ3v) is 4.22. The Labute approximate surface area is 127 Å². The van der Waals surface area contributed by atoms with Crippen LogP contribution in [0.1, 0.15) is 32.6 Å². The second kappa shape index (κ2) is 8.15. The average molecular weight is 290 g/mol. The predicted molar refractivity (Wildman–Crippen MR) is 85.4 cm³/mol. The third-order valence-electron chi connectivity index (χ3n) is 4.22. The van der Waals surface area contributed by atoms with Crippen molar-refractivity contribution in [2.24, 2.45) is 0 Å². The Morgan fingerprint density at radius 2 is 2.14 bits per heavy atom. The van der Waals surface area contributed by atoms with E-state index < -0.39 is 0 Å². The molecule has 0 radical (unpaired) electrons. The number of amides is 1. The number of likely N-dealkylation sites (tertiary alicyclic amines) is 1. The highest BCUT2D eigenvalue weighted by Crippen LogP contribution is 2.22. The molecule has 21 heavy (non-hydrogen) atoms. The molecule has 1 N–H and O–H groups in total. The largest absolute Gasteiger partial charge is 0.396 e. The smallest absolute Gasteiger partial charge is 0.241 e. The zero-order valence-electron chi connectivity index (χ0n) is 12.9. The van der Waals surface area contributed by atoms with E-state index in [0.717, 1.165) is 37.9 Å². The van der Waals surface area contributed by atoms with E-state index >= 15 is 0 Å². The van der Waals surface area contributed by atoms with E-state index in [1.54, 1.807) is 0 Å². The molecule has 4 heteroatoms. The second-order valence-electron chi connectivity index (χ2n) is 5.61. The zero-order chi connectivity index (χ0) is 15.1. The molecule has 2 rings (SSSR count). The summed E-state index contributed by atoms with van der Waals surface area (Å²) in [6.45, 7) is 4.42.